The van der Waals surface area contributed by atoms with Crippen molar-refractivity contribution >= 4 is 49.6 Å². The van der Waals surface area contributed by atoms with Gasteiger partial charge in [0.15, 0.2) is 0 Å². The van der Waals surface area contributed by atoms with Crippen LogP contribution in [0.15, 0.2) is 194 Å². The predicted octanol–water partition coefficient (Wildman–Crippen LogP) is 15.2. The SMILES string of the molecule is CC1(C)c2ccccc2-c2ccc(N(c3cccc(-c4ccc5c(c4)Oc4cccc6cccc-5c46)c3)c3ccc4c5ccccc5n(-c5ccccc5)c4c3)cc21. The van der Waals surface area contributed by atoms with Crippen LogP contribution in [0.1, 0.15) is 25.0 Å². The molecule has 58 heavy (non-hydrogen) atoms. The largest absolute Gasteiger partial charge is 0.456 e. The highest BCUT2D eigenvalue weighted by molar-refractivity contribution is 6.10. The summed E-state index contributed by atoms with van der Waals surface area (Å²) in [5.41, 5.74) is 16.6. The first-order chi connectivity index (χ1) is 28.5. The highest BCUT2D eigenvalue weighted by Gasteiger charge is 2.36. The Balaban J connectivity index is 1.04. The van der Waals surface area contributed by atoms with Crippen molar-refractivity contribution in [2.45, 2.75) is 19.3 Å². The molecule has 1 aliphatic carbocycles. The average Bonchev–Trinajstić information content (AvgIpc) is 3.72. The summed E-state index contributed by atoms with van der Waals surface area (Å²) in [4.78, 5) is 2.43. The second-order valence-corrected chi connectivity index (χ2v) is 16.1. The molecule has 0 saturated carbocycles. The third-order valence-corrected chi connectivity index (χ3v) is 12.6. The Labute approximate surface area is 337 Å². The molecule has 0 bridgehead atoms. The summed E-state index contributed by atoms with van der Waals surface area (Å²) in [5, 5.41) is 4.84. The summed E-state index contributed by atoms with van der Waals surface area (Å²) in [7, 11) is 0. The van der Waals surface area contributed by atoms with E-state index in [1.54, 1.807) is 0 Å². The molecule has 3 heteroatoms. The molecule has 0 amide bonds. The Hall–Kier alpha value is -7.36. The first-order valence-corrected chi connectivity index (χ1v) is 20.1. The van der Waals surface area contributed by atoms with Gasteiger partial charge in [-0.25, -0.2) is 0 Å². The van der Waals surface area contributed by atoms with E-state index in [2.05, 4.69) is 217 Å². The van der Waals surface area contributed by atoms with E-state index >= 15 is 0 Å². The van der Waals surface area contributed by atoms with E-state index in [4.69, 9.17) is 4.74 Å². The number of fused-ring (bicyclic) bond motifs is 8. The number of hydrogen-bond donors (Lipinski definition) is 0. The van der Waals surface area contributed by atoms with E-state index < -0.39 is 0 Å². The van der Waals surface area contributed by atoms with Crippen LogP contribution in [0.5, 0.6) is 11.5 Å². The normalized spacial score (nSPS) is 13.3. The topological polar surface area (TPSA) is 17.4 Å². The fourth-order valence-corrected chi connectivity index (χ4v) is 9.80. The lowest BCUT2D eigenvalue weighted by Gasteiger charge is -2.29. The van der Waals surface area contributed by atoms with Gasteiger partial charge in [0, 0.05) is 49.9 Å². The quantitative estimate of drug-likeness (QED) is 0.175. The highest BCUT2D eigenvalue weighted by Crippen LogP contribution is 2.52. The number of nitrogens with zero attached hydrogens (tertiary/aromatic N) is 2. The molecule has 0 atom stereocenters. The molecular weight excluding hydrogens is 705 g/mol. The van der Waals surface area contributed by atoms with Crippen molar-refractivity contribution in [1.29, 1.82) is 0 Å². The number of para-hydroxylation sites is 2. The molecule has 0 N–H and O–H groups in total. The van der Waals surface area contributed by atoms with Crippen LogP contribution in [0.4, 0.5) is 17.1 Å². The van der Waals surface area contributed by atoms with Crippen LogP contribution in [0, 0.1) is 0 Å². The zero-order valence-corrected chi connectivity index (χ0v) is 32.3. The average molecular weight is 743 g/mol. The zero-order chi connectivity index (χ0) is 38.5. The molecule has 274 valence electrons. The molecule has 1 aliphatic heterocycles. The van der Waals surface area contributed by atoms with Crippen LogP contribution >= 0.6 is 0 Å². The van der Waals surface area contributed by atoms with Gasteiger partial charge in [-0.05, 0) is 117 Å². The van der Waals surface area contributed by atoms with E-state index in [0.29, 0.717) is 0 Å². The van der Waals surface area contributed by atoms with Crippen LogP contribution in [0.25, 0.3) is 71.6 Å². The van der Waals surface area contributed by atoms with Gasteiger partial charge >= 0.3 is 0 Å². The minimum Gasteiger partial charge on any atom is -0.456 e. The number of aromatic nitrogens is 1. The summed E-state index contributed by atoms with van der Waals surface area (Å²) >= 11 is 0. The zero-order valence-electron chi connectivity index (χ0n) is 32.3. The molecule has 1 aromatic heterocycles. The lowest BCUT2D eigenvalue weighted by atomic mass is 9.82. The smallest absolute Gasteiger partial charge is 0.135 e. The van der Waals surface area contributed by atoms with Gasteiger partial charge in [-0.2, -0.15) is 0 Å². The minimum absolute atomic E-state index is 0.134. The lowest BCUT2D eigenvalue weighted by Crippen LogP contribution is -2.16. The fourth-order valence-electron chi connectivity index (χ4n) is 9.80. The van der Waals surface area contributed by atoms with Crippen molar-refractivity contribution in [2.24, 2.45) is 0 Å². The summed E-state index contributed by atoms with van der Waals surface area (Å²) in [6.07, 6.45) is 0. The van der Waals surface area contributed by atoms with E-state index in [0.717, 1.165) is 50.9 Å². The monoisotopic (exact) mass is 742 g/mol. The van der Waals surface area contributed by atoms with Gasteiger partial charge in [-0.3, -0.25) is 0 Å². The molecule has 2 aliphatic rings. The Morgan fingerprint density at radius 1 is 0.431 bits per heavy atom. The molecular formula is C55H38N2O. The Kier molecular flexibility index (Phi) is 6.98. The summed E-state index contributed by atoms with van der Waals surface area (Å²) < 4.78 is 9.02. The highest BCUT2D eigenvalue weighted by atomic mass is 16.5. The van der Waals surface area contributed by atoms with Crippen LogP contribution in [0.2, 0.25) is 0 Å². The van der Waals surface area contributed by atoms with E-state index in [1.165, 1.54) is 60.4 Å². The molecule has 0 unspecified atom stereocenters. The fraction of sp³-hybridized carbons (Fsp3) is 0.0545. The first-order valence-electron chi connectivity index (χ1n) is 20.1. The molecule has 0 radical (unpaired) electrons. The maximum absolute atomic E-state index is 6.62. The van der Waals surface area contributed by atoms with E-state index in [-0.39, 0.29) is 5.41 Å². The molecule has 9 aromatic carbocycles. The minimum atomic E-state index is -0.134. The van der Waals surface area contributed by atoms with Crippen molar-refractivity contribution in [3.05, 3.63) is 205 Å². The molecule has 0 spiro atoms. The number of ether oxygens (including phenoxy) is 1. The number of rotatable bonds is 5. The number of benzene rings is 9. The lowest BCUT2D eigenvalue weighted by molar-refractivity contribution is 0.487. The third-order valence-electron chi connectivity index (χ3n) is 12.6. The van der Waals surface area contributed by atoms with Crippen molar-refractivity contribution < 1.29 is 4.74 Å². The Morgan fingerprint density at radius 2 is 1.10 bits per heavy atom. The van der Waals surface area contributed by atoms with Crippen molar-refractivity contribution in [3.63, 3.8) is 0 Å². The Bertz CT molecular complexity index is 3290. The third kappa shape index (κ3) is 4.80. The summed E-state index contributed by atoms with van der Waals surface area (Å²) in [5.74, 6) is 1.79. The molecule has 0 fully saturated rings. The van der Waals surface area contributed by atoms with Crippen LogP contribution in [-0.2, 0) is 5.41 Å². The molecule has 2 heterocycles. The van der Waals surface area contributed by atoms with Gasteiger partial charge in [0.2, 0.25) is 0 Å². The van der Waals surface area contributed by atoms with Crippen molar-refractivity contribution in [2.75, 3.05) is 4.90 Å². The second kappa shape index (κ2) is 12.3. The van der Waals surface area contributed by atoms with Gasteiger partial charge in [-0.15, -0.1) is 0 Å². The van der Waals surface area contributed by atoms with Crippen LogP contribution in [0.3, 0.4) is 0 Å². The van der Waals surface area contributed by atoms with Gasteiger partial charge in [0.05, 0.1) is 11.0 Å². The maximum Gasteiger partial charge on any atom is 0.135 e. The van der Waals surface area contributed by atoms with Crippen LogP contribution in [-0.4, -0.2) is 4.57 Å². The second-order valence-electron chi connectivity index (χ2n) is 16.1. The van der Waals surface area contributed by atoms with Crippen molar-refractivity contribution in [3.8, 4) is 50.6 Å². The summed E-state index contributed by atoms with van der Waals surface area (Å²) in [6, 6.07) is 70.7. The standard InChI is InChI=1S/C55H38N2O/c1-55(2)48-22-8-6-19-42(48)43-29-26-40(33-49(43)55)56(41-27-30-45-44-20-7-9-23-50(44)57(51(45)34-41)38-16-4-3-5-17-38)39-18-10-15-36(31-39)37-25-28-46-47-21-11-13-35-14-12-24-52(54(35)47)58-53(46)32-37/h3-34H,1-2H3. The predicted molar refractivity (Wildman–Crippen MR) is 241 cm³/mol. The van der Waals surface area contributed by atoms with Crippen LogP contribution < -0.4 is 9.64 Å². The Morgan fingerprint density at radius 3 is 2.02 bits per heavy atom. The van der Waals surface area contributed by atoms with Gasteiger partial charge in [0.25, 0.3) is 0 Å². The van der Waals surface area contributed by atoms with E-state index in [9.17, 15) is 0 Å². The molecule has 0 saturated heterocycles. The van der Waals surface area contributed by atoms with Gasteiger partial charge in [0.1, 0.15) is 11.5 Å². The van der Waals surface area contributed by atoms with Gasteiger partial charge in [-0.1, -0.05) is 135 Å². The number of anilines is 3. The van der Waals surface area contributed by atoms with E-state index in [1.807, 2.05) is 0 Å². The molecule has 10 aromatic rings. The first kappa shape index (κ1) is 32.8. The van der Waals surface area contributed by atoms with Crippen molar-refractivity contribution in [1.82, 2.24) is 4.57 Å². The summed E-state index contributed by atoms with van der Waals surface area (Å²) in [6.45, 7) is 4.71. The van der Waals surface area contributed by atoms with Gasteiger partial charge < -0.3 is 14.2 Å². The molecule has 3 nitrogen and oxygen atoms in total. The maximum atomic E-state index is 6.62. The molecule has 12 rings (SSSR count). The number of hydrogen-bond acceptors (Lipinski definition) is 2.